The molecular weight excluding hydrogens is 454 g/mol. The van der Waals surface area contributed by atoms with Crippen LogP contribution in [0.4, 0.5) is 5.82 Å². The maximum Gasteiger partial charge on any atom is 0.308 e. The van der Waals surface area contributed by atoms with E-state index in [-0.39, 0.29) is 34.5 Å². The van der Waals surface area contributed by atoms with Crippen molar-refractivity contribution in [1.82, 2.24) is 19.6 Å². The molecule has 10 nitrogen and oxygen atoms in total. The van der Waals surface area contributed by atoms with Gasteiger partial charge in [-0.25, -0.2) is 4.98 Å². The number of nitrogens with one attached hydrogen (secondary N) is 1. The first-order valence-corrected chi connectivity index (χ1v) is 10.9. The van der Waals surface area contributed by atoms with E-state index in [2.05, 4.69) is 10.3 Å². The summed E-state index contributed by atoms with van der Waals surface area (Å²) in [5.74, 6) is -1.05. The van der Waals surface area contributed by atoms with Crippen LogP contribution in [0.5, 0.6) is 0 Å². The van der Waals surface area contributed by atoms with E-state index in [0.29, 0.717) is 23.1 Å². The molecule has 1 N–H and O–H groups in total. The molecule has 4 rings (SSSR count). The molecule has 166 valence electrons. The molecule has 0 aromatic carbocycles. The van der Waals surface area contributed by atoms with E-state index in [9.17, 15) is 19.2 Å². The minimum atomic E-state index is -0.915. The lowest BCUT2D eigenvalue weighted by Gasteiger charge is -2.36. The molecule has 2 aliphatic rings. The number of nitrogens with zero attached hydrogens (tertiary/aromatic N) is 4. The van der Waals surface area contributed by atoms with Crippen LogP contribution in [-0.4, -0.2) is 69.7 Å². The van der Waals surface area contributed by atoms with Gasteiger partial charge in [-0.15, -0.1) is 0 Å². The Morgan fingerprint density at radius 2 is 2.16 bits per heavy atom. The Bertz CT molecular complexity index is 1240. The lowest BCUT2D eigenvalue weighted by atomic mass is 10.1. The van der Waals surface area contributed by atoms with Crippen LogP contribution >= 0.6 is 24.0 Å². The molecule has 1 atom stereocenters. The van der Waals surface area contributed by atoms with Gasteiger partial charge in [-0.3, -0.25) is 28.5 Å². The second-order valence-electron chi connectivity index (χ2n) is 7.10. The Labute approximate surface area is 192 Å². The molecule has 0 saturated carbocycles. The molecule has 0 spiro atoms. The number of methoxy groups -OCH3 is 1. The first-order chi connectivity index (χ1) is 15.3. The van der Waals surface area contributed by atoms with Crippen LogP contribution in [0, 0.1) is 0 Å². The monoisotopic (exact) mass is 473 g/mol. The van der Waals surface area contributed by atoms with Crippen molar-refractivity contribution in [3.05, 3.63) is 45.2 Å². The Kier molecular flexibility index (Phi) is 5.98. The molecule has 4 heterocycles. The molecule has 2 aromatic rings. The molecule has 0 aliphatic carbocycles. The van der Waals surface area contributed by atoms with E-state index >= 15 is 0 Å². The molecule has 2 aromatic heterocycles. The number of amides is 2. The summed E-state index contributed by atoms with van der Waals surface area (Å²) in [4.78, 5) is 58.4. The van der Waals surface area contributed by atoms with Crippen LogP contribution < -0.4 is 15.8 Å². The topological polar surface area (TPSA) is 113 Å². The predicted molar refractivity (Wildman–Crippen MR) is 123 cm³/mol. The van der Waals surface area contributed by atoms with Crippen LogP contribution in [0.3, 0.4) is 0 Å². The number of esters is 1. The minimum absolute atomic E-state index is 0.132. The SMILES string of the molecule is COC(=O)C[C@H]1C(=O)NCCN1c1nc2ccccn2c(=O)c1/C=C1\SC(=S)N(C)C1=O. The summed E-state index contributed by atoms with van der Waals surface area (Å²) >= 11 is 6.27. The van der Waals surface area contributed by atoms with E-state index in [4.69, 9.17) is 17.0 Å². The van der Waals surface area contributed by atoms with Gasteiger partial charge in [0.05, 0.1) is 24.0 Å². The number of carbonyl (C=O) groups excluding carboxylic acids is 3. The number of thioether (sulfide) groups is 1. The summed E-state index contributed by atoms with van der Waals surface area (Å²) in [5.41, 5.74) is 0.0949. The van der Waals surface area contributed by atoms with Gasteiger partial charge < -0.3 is 15.0 Å². The smallest absolute Gasteiger partial charge is 0.308 e. The highest BCUT2D eigenvalue weighted by Gasteiger charge is 2.36. The maximum absolute atomic E-state index is 13.4. The van der Waals surface area contributed by atoms with Crippen LogP contribution in [0.15, 0.2) is 34.1 Å². The van der Waals surface area contributed by atoms with Crippen molar-refractivity contribution in [3.8, 4) is 0 Å². The number of ether oxygens (including phenoxy) is 1. The lowest BCUT2D eigenvalue weighted by Crippen LogP contribution is -2.57. The molecule has 2 saturated heterocycles. The third kappa shape index (κ3) is 3.86. The molecule has 0 bridgehead atoms. The normalized spacial score (nSPS) is 20.2. The zero-order valence-corrected chi connectivity index (χ0v) is 18.9. The van der Waals surface area contributed by atoms with Crippen molar-refractivity contribution in [2.75, 3.05) is 32.1 Å². The molecular formula is C20H19N5O5S2. The summed E-state index contributed by atoms with van der Waals surface area (Å²) in [6.07, 6.45) is 2.81. The highest BCUT2D eigenvalue weighted by Crippen LogP contribution is 2.33. The molecule has 0 unspecified atom stereocenters. The molecule has 2 aliphatic heterocycles. The Morgan fingerprint density at radius 1 is 1.38 bits per heavy atom. The van der Waals surface area contributed by atoms with Crippen molar-refractivity contribution in [2.24, 2.45) is 0 Å². The number of aromatic nitrogens is 2. The van der Waals surface area contributed by atoms with Gasteiger partial charge >= 0.3 is 5.97 Å². The van der Waals surface area contributed by atoms with Crippen molar-refractivity contribution in [1.29, 1.82) is 0 Å². The van der Waals surface area contributed by atoms with Crippen LogP contribution in [0.1, 0.15) is 12.0 Å². The second-order valence-corrected chi connectivity index (χ2v) is 8.78. The number of thiocarbonyl (C=S) groups is 1. The molecule has 2 fully saturated rings. The molecule has 2 amide bonds. The van der Waals surface area contributed by atoms with Crippen LogP contribution in [0.2, 0.25) is 0 Å². The van der Waals surface area contributed by atoms with Crippen molar-refractivity contribution >= 4 is 63.6 Å². The standard InChI is InChI=1S/C20H19N5O5S2/c1-23-19(29)13(32-20(23)31)9-11-16(22-14-5-3-4-7-25(14)18(11)28)24-8-6-21-17(27)12(24)10-15(26)30-2/h3-5,7,9,12H,6,8,10H2,1-2H3,(H,21,27)/b13-9-/t12-/m0/s1. The van der Waals surface area contributed by atoms with Gasteiger partial charge in [0.2, 0.25) is 5.91 Å². The number of carbonyl (C=O) groups is 3. The number of anilines is 1. The van der Waals surface area contributed by atoms with Crippen molar-refractivity contribution in [2.45, 2.75) is 12.5 Å². The number of hydrogen-bond donors (Lipinski definition) is 1. The Morgan fingerprint density at radius 3 is 2.84 bits per heavy atom. The largest absolute Gasteiger partial charge is 0.469 e. The summed E-state index contributed by atoms with van der Waals surface area (Å²) in [6, 6.07) is 4.18. The number of likely N-dealkylation sites (N-methyl/N-ethyl adjacent to an activating group) is 1. The predicted octanol–water partition coefficient (Wildman–Crippen LogP) is 0.393. The van der Waals surface area contributed by atoms with Gasteiger partial charge in [0.25, 0.3) is 11.5 Å². The number of piperazine rings is 1. The van der Waals surface area contributed by atoms with E-state index in [1.54, 1.807) is 36.3 Å². The van der Waals surface area contributed by atoms with E-state index < -0.39 is 17.6 Å². The zero-order valence-electron chi connectivity index (χ0n) is 17.2. The van der Waals surface area contributed by atoms with Crippen LogP contribution in [0.25, 0.3) is 11.7 Å². The molecule has 0 radical (unpaired) electrons. The third-order valence-corrected chi connectivity index (χ3v) is 6.69. The van der Waals surface area contributed by atoms with Gasteiger partial charge in [0.15, 0.2) is 0 Å². The average molecular weight is 474 g/mol. The summed E-state index contributed by atoms with van der Waals surface area (Å²) in [5, 5.41) is 2.73. The van der Waals surface area contributed by atoms with Crippen LogP contribution in [-0.2, 0) is 19.1 Å². The van der Waals surface area contributed by atoms with E-state index in [1.165, 1.54) is 22.5 Å². The van der Waals surface area contributed by atoms with E-state index in [0.717, 1.165) is 11.8 Å². The Balaban J connectivity index is 1.91. The summed E-state index contributed by atoms with van der Waals surface area (Å²) in [7, 11) is 2.80. The van der Waals surface area contributed by atoms with Gasteiger partial charge in [-0.2, -0.15) is 0 Å². The van der Waals surface area contributed by atoms with Gasteiger partial charge in [0, 0.05) is 26.3 Å². The number of hydrogen-bond acceptors (Lipinski definition) is 9. The number of fused-ring (bicyclic) bond motifs is 1. The minimum Gasteiger partial charge on any atom is -0.469 e. The highest BCUT2D eigenvalue weighted by molar-refractivity contribution is 8.26. The lowest BCUT2D eigenvalue weighted by molar-refractivity contribution is -0.143. The number of rotatable bonds is 4. The van der Waals surface area contributed by atoms with Gasteiger partial charge in [-0.05, 0) is 18.2 Å². The fourth-order valence-corrected chi connectivity index (χ4v) is 4.69. The first-order valence-electron chi connectivity index (χ1n) is 9.66. The molecule has 32 heavy (non-hydrogen) atoms. The summed E-state index contributed by atoms with van der Waals surface area (Å²) in [6.45, 7) is 0.626. The quantitative estimate of drug-likeness (QED) is 0.383. The van der Waals surface area contributed by atoms with Gasteiger partial charge in [-0.1, -0.05) is 30.0 Å². The average Bonchev–Trinajstić information content (AvgIpc) is 3.03. The second kappa shape index (κ2) is 8.71. The fraction of sp³-hybridized carbons (Fsp3) is 0.300. The van der Waals surface area contributed by atoms with Crippen molar-refractivity contribution < 1.29 is 19.1 Å². The maximum atomic E-state index is 13.4. The van der Waals surface area contributed by atoms with Crippen molar-refractivity contribution in [3.63, 3.8) is 0 Å². The van der Waals surface area contributed by atoms with E-state index in [1.807, 2.05) is 0 Å². The Hall–Kier alpha value is -3.25. The zero-order chi connectivity index (χ0) is 23.0. The number of pyridine rings is 1. The van der Waals surface area contributed by atoms with Gasteiger partial charge in [0.1, 0.15) is 21.8 Å². The first kappa shape index (κ1) is 22.0. The third-order valence-electron chi connectivity index (χ3n) is 5.20. The fourth-order valence-electron chi connectivity index (χ4n) is 3.53. The molecule has 12 heteroatoms. The highest BCUT2D eigenvalue weighted by atomic mass is 32.2. The summed E-state index contributed by atoms with van der Waals surface area (Å²) < 4.78 is 6.48.